The lowest BCUT2D eigenvalue weighted by molar-refractivity contribution is -0.134. The van der Waals surface area contributed by atoms with Crippen molar-refractivity contribution in [1.29, 1.82) is 0 Å². The van der Waals surface area contributed by atoms with Gasteiger partial charge in [0.05, 0.1) is 12.4 Å². The fourth-order valence-electron chi connectivity index (χ4n) is 2.73. The third kappa shape index (κ3) is 3.48. The lowest BCUT2D eigenvalue weighted by Gasteiger charge is -2.27. The van der Waals surface area contributed by atoms with Crippen LogP contribution in [0.3, 0.4) is 0 Å². The Morgan fingerprint density at radius 2 is 2.00 bits per heavy atom. The van der Waals surface area contributed by atoms with Crippen LogP contribution in [0.2, 0.25) is 0 Å². The Balaban J connectivity index is 1.70. The predicted molar refractivity (Wildman–Crippen MR) is 93.6 cm³/mol. The molecule has 1 saturated heterocycles. The Bertz CT molecular complexity index is 729. The Labute approximate surface area is 145 Å². The Hall–Kier alpha value is -2.21. The van der Waals surface area contributed by atoms with E-state index in [1.54, 1.807) is 40.7 Å². The molecule has 5 nitrogen and oxygen atoms in total. The first-order valence-electron chi connectivity index (χ1n) is 7.80. The summed E-state index contributed by atoms with van der Waals surface area (Å²) in [4.78, 5) is 28.7. The summed E-state index contributed by atoms with van der Waals surface area (Å²) >= 11 is 1.60. The van der Waals surface area contributed by atoms with Crippen molar-refractivity contribution < 1.29 is 14.0 Å². The molecule has 1 aromatic carbocycles. The van der Waals surface area contributed by atoms with E-state index in [-0.39, 0.29) is 11.8 Å². The molecular formula is C18H20N2O3S. The highest BCUT2D eigenvalue weighted by Gasteiger charge is 2.36. The van der Waals surface area contributed by atoms with Gasteiger partial charge in [-0.05, 0) is 31.2 Å². The number of aryl methyl sites for hydroxylation is 1. The lowest BCUT2D eigenvalue weighted by Crippen LogP contribution is -2.47. The van der Waals surface area contributed by atoms with Crippen molar-refractivity contribution in [3.63, 3.8) is 0 Å². The van der Waals surface area contributed by atoms with E-state index in [1.165, 1.54) is 0 Å². The molecule has 1 fully saturated rings. The first kappa shape index (κ1) is 16.6. The summed E-state index contributed by atoms with van der Waals surface area (Å²) in [6, 6.07) is 12.4. The van der Waals surface area contributed by atoms with Crippen LogP contribution in [0.5, 0.6) is 0 Å². The van der Waals surface area contributed by atoms with Crippen LogP contribution in [0.15, 0.2) is 46.9 Å². The molecule has 24 heavy (non-hydrogen) atoms. The van der Waals surface area contributed by atoms with E-state index < -0.39 is 6.04 Å². The Morgan fingerprint density at radius 1 is 1.25 bits per heavy atom. The van der Waals surface area contributed by atoms with Gasteiger partial charge in [0, 0.05) is 18.4 Å². The van der Waals surface area contributed by atoms with Crippen molar-refractivity contribution in [2.45, 2.75) is 19.5 Å². The number of carbonyl (C=O) groups excluding carboxylic acids is 2. The molecule has 0 N–H and O–H groups in total. The van der Waals surface area contributed by atoms with Gasteiger partial charge in [-0.25, -0.2) is 0 Å². The molecule has 2 aromatic rings. The van der Waals surface area contributed by atoms with Crippen LogP contribution >= 0.6 is 11.8 Å². The highest BCUT2D eigenvalue weighted by molar-refractivity contribution is 7.99. The third-order valence-electron chi connectivity index (χ3n) is 4.01. The second-order valence-electron chi connectivity index (χ2n) is 5.86. The number of rotatable bonds is 4. The number of carbonyl (C=O) groups is 2. The van der Waals surface area contributed by atoms with E-state index in [9.17, 15) is 9.59 Å². The van der Waals surface area contributed by atoms with Gasteiger partial charge < -0.3 is 14.2 Å². The van der Waals surface area contributed by atoms with E-state index in [1.807, 2.05) is 37.3 Å². The molecule has 126 valence electrons. The van der Waals surface area contributed by atoms with Gasteiger partial charge in [0.1, 0.15) is 17.6 Å². The van der Waals surface area contributed by atoms with Gasteiger partial charge in [-0.3, -0.25) is 9.59 Å². The fraction of sp³-hybridized carbons (Fsp3) is 0.333. The number of likely N-dealkylation sites (N-methyl/N-ethyl adjacent to an activating group) is 1. The number of hydrogen-bond donors (Lipinski definition) is 0. The van der Waals surface area contributed by atoms with Gasteiger partial charge in [-0.1, -0.05) is 18.2 Å². The molecular weight excluding hydrogens is 324 g/mol. The van der Waals surface area contributed by atoms with E-state index in [4.69, 9.17) is 4.42 Å². The van der Waals surface area contributed by atoms with Crippen LogP contribution in [-0.4, -0.2) is 46.3 Å². The minimum absolute atomic E-state index is 0.0571. The molecule has 0 radical (unpaired) electrons. The van der Waals surface area contributed by atoms with Gasteiger partial charge in [0.25, 0.3) is 5.91 Å². The maximum atomic E-state index is 12.8. The van der Waals surface area contributed by atoms with Gasteiger partial charge in [0.15, 0.2) is 0 Å². The zero-order valence-electron chi connectivity index (χ0n) is 13.8. The van der Waals surface area contributed by atoms with Crippen LogP contribution < -0.4 is 0 Å². The number of benzene rings is 1. The number of hydrogen-bond acceptors (Lipinski definition) is 4. The van der Waals surface area contributed by atoms with Crippen LogP contribution in [0.25, 0.3) is 0 Å². The zero-order valence-corrected chi connectivity index (χ0v) is 14.6. The molecule has 1 aliphatic heterocycles. The largest absolute Gasteiger partial charge is 0.464 e. The summed E-state index contributed by atoms with van der Waals surface area (Å²) in [5, 5.41) is 0. The van der Waals surface area contributed by atoms with Gasteiger partial charge in [0.2, 0.25) is 5.91 Å². The molecule has 1 unspecified atom stereocenters. The van der Waals surface area contributed by atoms with E-state index in [0.29, 0.717) is 23.7 Å². The van der Waals surface area contributed by atoms with Crippen molar-refractivity contribution in [2.75, 3.05) is 18.7 Å². The van der Waals surface area contributed by atoms with E-state index >= 15 is 0 Å². The molecule has 0 saturated carbocycles. The highest BCUT2D eigenvalue weighted by atomic mass is 32.2. The Morgan fingerprint density at radius 3 is 2.67 bits per heavy atom. The monoisotopic (exact) mass is 344 g/mol. The van der Waals surface area contributed by atoms with Crippen molar-refractivity contribution in [1.82, 2.24) is 9.80 Å². The van der Waals surface area contributed by atoms with Crippen molar-refractivity contribution in [2.24, 2.45) is 0 Å². The molecule has 0 spiro atoms. The molecule has 6 heteroatoms. The molecule has 0 bridgehead atoms. The first-order valence-corrected chi connectivity index (χ1v) is 8.96. The average Bonchev–Trinajstić information content (AvgIpc) is 3.23. The fourth-order valence-corrected chi connectivity index (χ4v) is 3.88. The lowest BCUT2D eigenvalue weighted by atomic mass is 10.1. The minimum Gasteiger partial charge on any atom is -0.464 e. The normalized spacial score (nSPS) is 17.1. The summed E-state index contributed by atoms with van der Waals surface area (Å²) in [7, 11) is 1.74. The standard InChI is InChI=1S/C18H20N2O3S/c1-13-8-9-15(23-13)10-19(2)18(22)16-11-24-12-20(16)17(21)14-6-4-3-5-7-14/h3-9,16H,10-12H2,1-2H3. The summed E-state index contributed by atoms with van der Waals surface area (Å²) in [5.74, 6) is 2.58. The number of amides is 2. The minimum atomic E-state index is -0.427. The second kappa shape index (κ2) is 7.13. The average molecular weight is 344 g/mol. The summed E-state index contributed by atoms with van der Waals surface area (Å²) in [6.07, 6.45) is 0. The predicted octanol–water partition coefficient (Wildman–Crippen LogP) is 2.76. The van der Waals surface area contributed by atoms with E-state index in [2.05, 4.69) is 0 Å². The molecule has 2 heterocycles. The molecule has 0 aliphatic carbocycles. The highest BCUT2D eigenvalue weighted by Crippen LogP contribution is 2.25. The van der Waals surface area contributed by atoms with Crippen molar-refractivity contribution in [3.05, 3.63) is 59.5 Å². The van der Waals surface area contributed by atoms with Crippen LogP contribution in [-0.2, 0) is 11.3 Å². The van der Waals surface area contributed by atoms with Crippen LogP contribution in [0, 0.1) is 6.92 Å². The second-order valence-corrected chi connectivity index (χ2v) is 6.86. The number of thioether (sulfide) groups is 1. The third-order valence-corrected chi connectivity index (χ3v) is 5.03. The maximum absolute atomic E-state index is 12.8. The van der Waals surface area contributed by atoms with Gasteiger partial charge in [-0.15, -0.1) is 11.8 Å². The maximum Gasteiger partial charge on any atom is 0.255 e. The number of nitrogens with zero attached hydrogens (tertiary/aromatic N) is 2. The molecule has 1 aliphatic rings. The summed E-state index contributed by atoms with van der Waals surface area (Å²) in [5.41, 5.74) is 0.613. The molecule has 1 aromatic heterocycles. The topological polar surface area (TPSA) is 53.8 Å². The smallest absolute Gasteiger partial charge is 0.255 e. The Kier molecular flexibility index (Phi) is 4.94. The molecule has 1 atom stereocenters. The van der Waals surface area contributed by atoms with Crippen LogP contribution in [0.4, 0.5) is 0 Å². The molecule has 3 rings (SSSR count). The molecule has 2 amide bonds. The number of furan rings is 1. The van der Waals surface area contributed by atoms with E-state index in [0.717, 1.165) is 11.5 Å². The van der Waals surface area contributed by atoms with Gasteiger partial charge in [-0.2, -0.15) is 0 Å². The van der Waals surface area contributed by atoms with Crippen molar-refractivity contribution in [3.8, 4) is 0 Å². The quantitative estimate of drug-likeness (QED) is 0.856. The summed E-state index contributed by atoms with van der Waals surface area (Å²) < 4.78 is 5.53. The zero-order chi connectivity index (χ0) is 17.1. The SMILES string of the molecule is Cc1ccc(CN(C)C(=O)C2CSCN2C(=O)c2ccccc2)o1. The van der Waals surface area contributed by atoms with Gasteiger partial charge >= 0.3 is 0 Å². The summed E-state index contributed by atoms with van der Waals surface area (Å²) in [6.45, 7) is 2.28. The van der Waals surface area contributed by atoms with Crippen LogP contribution in [0.1, 0.15) is 21.9 Å². The first-order chi connectivity index (χ1) is 11.6. The van der Waals surface area contributed by atoms with Crippen molar-refractivity contribution >= 4 is 23.6 Å².